The zero-order chi connectivity index (χ0) is 21.1. The molecular formula is C23H24N2O5. The monoisotopic (exact) mass is 408 g/mol. The fourth-order valence-electron chi connectivity index (χ4n) is 3.97. The lowest BCUT2D eigenvalue weighted by molar-refractivity contribution is -0.137. The van der Waals surface area contributed by atoms with E-state index in [2.05, 4.69) is 22.8 Å². The van der Waals surface area contributed by atoms with Gasteiger partial charge in [-0.1, -0.05) is 48.5 Å². The number of hydrogen-bond acceptors (Lipinski definition) is 4. The highest BCUT2D eigenvalue weighted by molar-refractivity contribution is 5.92. The summed E-state index contributed by atoms with van der Waals surface area (Å²) < 4.78 is 5.52. The van der Waals surface area contributed by atoms with Crippen molar-refractivity contribution in [1.29, 1.82) is 0 Å². The number of amides is 2. The summed E-state index contributed by atoms with van der Waals surface area (Å²) in [5.41, 5.74) is 3.63. The average molecular weight is 408 g/mol. The van der Waals surface area contributed by atoms with Crippen LogP contribution in [-0.2, 0) is 14.3 Å². The molecule has 0 saturated heterocycles. The Labute approximate surface area is 174 Å². The molecule has 156 valence electrons. The number of alkyl carbamates (subject to hydrolysis) is 1. The second-order valence-corrected chi connectivity index (χ2v) is 7.79. The number of rotatable bonds is 8. The van der Waals surface area contributed by atoms with Crippen molar-refractivity contribution < 1.29 is 24.2 Å². The Bertz CT molecular complexity index is 938. The minimum Gasteiger partial charge on any atom is -0.481 e. The topological polar surface area (TPSA) is 105 Å². The molecule has 1 saturated carbocycles. The molecule has 0 spiro atoms. The Morgan fingerprint density at radius 3 is 2.17 bits per heavy atom. The van der Waals surface area contributed by atoms with Gasteiger partial charge in [-0.15, -0.1) is 0 Å². The summed E-state index contributed by atoms with van der Waals surface area (Å²) in [6.45, 7) is 0.454. The van der Waals surface area contributed by atoms with Crippen molar-refractivity contribution in [3.8, 4) is 11.1 Å². The summed E-state index contributed by atoms with van der Waals surface area (Å²) in [5.74, 6) is -1.23. The van der Waals surface area contributed by atoms with Gasteiger partial charge in [0.2, 0.25) is 5.91 Å². The molecule has 1 fully saturated rings. The van der Waals surface area contributed by atoms with Crippen LogP contribution in [0.2, 0.25) is 0 Å². The third kappa shape index (κ3) is 4.01. The summed E-state index contributed by atoms with van der Waals surface area (Å²) in [6.07, 6.45) is 0.814. The van der Waals surface area contributed by atoms with Gasteiger partial charge in [0.25, 0.3) is 0 Å². The molecule has 0 bridgehead atoms. The molecule has 0 unspecified atom stereocenters. The molecule has 2 amide bonds. The summed E-state index contributed by atoms with van der Waals surface area (Å²) in [6, 6.07) is 16.2. The minimum atomic E-state index is -0.939. The van der Waals surface area contributed by atoms with Crippen LogP contribution in [0.3, 0.4) is 0 Å². The maximum Gasteiger partial charge on any atom is 0.408 e. The Hall–Kier alpha value is -3.35. The van der Waals surface area contributed by atoms with E-state index in [1.54, 1.807) is 0 Å². The van der Waals surface area contributed by atoms with E-state index in [9.17, 15) is 14.4 Å². The molecule has 0 aliphatic heterocycles. The molecule has 2 aliphatic rings. The Balaban J connectivity index is 1.33. The first-order valence-electron chi connectivity index (χ1n) is 10.1. The van der Waals surface area contributed by atoms with Crippen LogP contribution in [-0.4, -0.2) is 41.8 Å². The van der Waals surface area contributed by atoms with Crippen molar-refractivity contribution in [2.24, 2.45) is 0 Å². The van der Waals surface area contributed by atoms with Gasteiger partial charge in [0, 0.05) is 18.9 Å². The third-order valence-electron chi connectivity index (χ3n) is 5.72. The second kappa shape index (κ2) is 8.18. The molecule has 0 radical (unpaired) electrons. The maximum absolute atomic E-state index is 12.4. The first-order valence-corrected chi connectivity index (χ1v) is 10.1. The van der Waals surface area contributed by atoms with Crippen LogP contribution >= 0.6 is 0 Å². The minimum absolute atomic E-state index is 0.00686. The van der Waals surface area contributed by atoms with Crippen LogP contribution in [0.4, 0.5) is 4.79 Å². The number of carbonyl (C=O) groups is 3. The van der Waals surface area contributed by atoms with E-state index in [0.717, 1.165) is 22.3 Å². The van der Waals surface area contributed by atoms with Crippen molar-refractivity contribution in [3.63, 3.8) is 0 Å². The number of carboxylic acids is 1. The smallest absolute Gasteiger partial charge is 0.408 e. The van der Waals surface area contributed by atoms with Crippen molar-refractivity contribution in [2.45, 2.75) is 37.1 Å². The summed E-state index contributed by atoms with van der Waals surface area (Å²) in [4.78, 5) is 35.3. The number of aliphatic carboxylic acids is 1. The van der Waals surface area contributed by atoms with Gasteiger partial charge in [-0.2, -0.15) is 0 Å². The number of carbonyl (C=O) groups excluding carboxylic acids is 2. The van der Waals surface area contributed by atoms with Crippen molar-refractivity contribution >= 4 is 18.0 Å². The molecule has 30 heavy (non-hydrogen) atoms. The Morgan fingerprint density at radius 2 is 1.60 bits per heavy atom. The molecule has 2 aromatic carbocycles. The van der Waals surface area contributed by atoms with Gasteiger partial charge in [-0.25, -0.2) is 4.79 Å². The first kappa shape index (κ1) is 19.9. The number of ether oxygens (including phenoxy) is 1. The zero-order valence-corrected chi connectivity index (χ0v) is 16.5. The van der Waals surface area contributed by atoms with Gasteiger partial charge < -0.3 is 20.5 Å². The number of carboxylic acid groups (broad SMARTS) is 1. The van der Waals surface area contributed by atoms with E-state index in [1.807, 2.05) is 36.4 Å². The third-order valence-corrected chi connectivity index (χ3v) is 5.72. The highest BCUT2D eigenvalue weighted by atomic mass is 16.5. The fourth-order valence-corrected chi connectivity index (χ4v) is 3.97. The van der Waals surface area contributed by atoms with Crippen molar-refractivity contribution in [1.82, 2.24) is 10.6 Å². The molecule has 0 aromatic heterocycles. The van der Waals surface area contributed by atoms with Crippen molar-refractivity contribution in [2.75, 3.05) is 13.2 Å². The van der Waals surface area contributed by atoms with E-state index in [4.69, 9.17) is 9.84 Å². The largest absolute Gasteiger partial charge is 0.481 e. The van der Waals surface area contributed by atoms with E-state index >= 15 is 0 Å². The lowest BCUT2D eigenvalue weighted by atomic mass is 9.98. The quantitative estimate of drug-likeness (QED) is 0.583. The van der Waals surface area contributed by atoms with Crippen LogP contribution in [0.25, 0.3) is 11.1 Å². The van der Waals surface area contributed by atoms with Gasteiger partial charge in [-0.05, 0) is 41.5 Å². The average Bonchev–Trinajstić information content (AvgIpc) is 3.45. The molecule has 0 atom stereocenters. The fraction of sp³-hybridized carbons (Fsp3) is 0.348. The lowest BCUT2D eigenvalue weighted by Gasteiger charge is -2.19. The van der Waals surface area contributed by atoms with Crippen molar-refractivity contribution in [3.05, 3.63) is 59.7 Å². The first-order chi connectivity index (χ1) is 14.5. The van der Waals surface area contributed by atoms with Crippen LogP contribution in [0.5, 0.6) is 0 Å². The number of nitrogens with one attached hydrogen (secondary N) is 2. The molecule has 3 N–H and O–H groups in total. The normalized spacial score (nSPS) is 15.6. The van der Waals surface area contributed by atoms with Gasteiger partial charge in [0.1, 0.15) is 12.1 Å². The van der Waals surface area contributed by atoms with Crippen LogP contribution in [0.15, 0.2) is 48.5 Å². The Morgan fingerprint density at radius 1 is 1.00 bits per heavy atom. The highest BCUT2D eigenvalue weighted by Crippen LogP contribution is 2.44. The zero-order valence-electron chi connectivity index (χ0n) is 16.5. The van der Waals surface area contributed by atoms with E-state index in [1.165, 1.54) is 0 Å². The van der Waals surface area contributed by atoms with Gasteiger partial charge >= 0.3 is 12.1 Å². The van der Waals surface area contributed by atoms with Crippen LogP contribution < -0.4 is 10.6 Å². The molecule has 2 aliphatic carbocycles. The predicted molar refractivity (Wildman–Crippen MR) is 110 cm³/mol. The molecular weight excluding hydrogens is 384 g/mol. The summed E-state index contributed by atoms with van der Waals surface area (Å²) in [5, 5.41) is 14.1. The molecule has 0 heterocycles. The Kier molecular flexibility index (Phi) is 5.44. The molecule has 7 nitrogen and oxygen atoms in total. The predicted octanol–water partition coefficient (Wildman–Crippen LogP) is 3.04. The summed E-state index contributed by atoms with van der Waals surface area (Å²) in [7, 11) is 0. The van der Waals surface area contributed by atoms with Gasteiger partial charge in [0.15, 0.2) is 0 Å². The van der Waals surface area contributed by atoms with Crippen LogP contribution in [0, 0.1) is 0 Å². The van der Waals surface area contributed by atoms with Crippen LogP contribution in [0.1, 0.15) is 42.7 Å². The van der Waals surface area contributed by atoms with Gasteiger partial charge in [0.05, 0.1) is 0 Å². The van der Waals surface area contributed by atoms with E-state index in [0.29, 0.717) is 19.3 Å². The SMILES string of the molecule is O=C(O)CCCNC(=O)C1(NC(=O)OCC2c3ccccc3-c3ccccc32)CC1. The molecule has 7 heteroatoms. The van der Waals surface area contributed by atoms with E-state index < -0.39 is 17.6 Å². The number of hydrogen-bond donors (Lipinski definition) is 3. The summed E-state index contributed by atoms with van der Waals surface area (Å²) >= 11 is 0. The highest BCUT2D eigenvalue weighted by Gasteiger charge is 2.51. The number of fused-ring (bicyclic) bond motifs is 3. The number of benzene rings is 2. The lowest BCUT2D eigenvalue weighted by Crippen LogP contribution is -2.49. The molecule has 4 rings (SSSR count). The van der Waals surface area contributed by atoms with E-state index in [-0.39, 0.29) is 31.4 Å². The molecule has 2 aromatic rings. The van der Waals surface area contributed by atoms with Gasteiger partial charge in [-0.3, -0.25) is 9.59 Å². The second-order valence-electron chi connectivity index (χ2n) is 7.79. The maximum atomic E-state index is 12.4. The standard InChI is InChI=1S/C23H24N2O5/c26-20(27)10-5-13-24-21(28)23(11-12-23)25-22(29)30-14-19-17-8-3-1-6-15(17)16-7-2-4-9-18(16)19/h1-4,6-9,19H,5,10-14H2,(H,24,28)(H,25,29)(H,26,27).